The minimum Gasteiger partial charge on any atom is -0.397 e. The Morgan fingerprint density at radius 2 is 1.79 bits per heavy atom. The molecule has 6 nitrogen and oxygen atoms in total. The standard InChI is InChI=1S/C20H28N4O2S.ClH/c1-15(2)16-4-6-17(7-5-16)23-27(25,26)18-8-9-20(19(21)14-18)24-12-3-10-22-11-13-24;/h4-9,14-15,22-23H,3,10-13,21H2,1-2H3;1H. The summed E-state index contributed by atoms with van der Waals surface area (Å²) in [5, 5.41) is 3.35. The predicted molar refractivity (Wildman–Crippen MR) is 119 cm³/mol. The highest BCUT2D eigenvalue weighted by Crippen LogP contribution is 2.28. The summed E-state index contributed by atoms with van der Waals surface area (Å²) in [5.74, 6) is 0.400. The van der Waals surface area contributed by atoms with Crippen molar-refractivity contribution in [3.8, 4) is 0 Å². The van der Waals surface area contributed by atoms with E-state index in [1.807, 2.05) is 12.1 Å². The molecule has 1 heterocycles. The van der Waals surface area contributed by atoms with Gasteiger partial charge in [-0.05, 0) is 54.8 Å². The van der Waals surface area contributed by atoms with E-state index in [4.69, 9.17) is 5.73 Å². The molecule has 0 unspecified atom stereocenters. The van der Waals surface area contributed by atoms with Gasteiger partial charge in [0.15, 0.2) is 0 Å². The Bertz CT molecular complexity index is 878. The minimum absolute atomic E-state index is 0. The lowest BCUT2D eigenvalue weighted by molar-refractivity contribution is 0.601. The quantitative estimate of drug-likeness (QED) is 0.640. The summed E-state index contributed by atoms with van der Waals surface area (Å²) < 4.78 is 28.1. The molecule has 0 amide bonds. The smallest absolute Gasteiger partial charge is 0.261 e. The summed E-state index contributed by atoms with van der Waals surface area (Å²) in [6.07, 6.45) is 1.04. The number of hydrogen-bond acceptors (Lipinski definition) is 5. The summed E-state index contributed by atoms with van der Waals surface area (Å²) in [4.78, 5) is 2.37. The molecule has 0 aromatic heterocycles. The van der Waals surface area contributed by atoms with Crippen molar-refractivity contribution >= 4 is 39.5 Å². The lowest BCUT2D eigenvalue weighted by atomic mass is 10.0. The van der Waals surface area contributed by atoms with E-state index < -0.39 is 10.0 Å². The summed E-state index contributed by atoms with van der Waals surface area (Å²) in [6.45, 7) is 7.85. The summed E-state index contributed by atoms with van der Waals surface area (Å²) in [7, 11) is -3.68. The highest BCUT2D eigenvalue weighted by molar-refractivity contribution is 7.92. The number of rotatable bonds is 5. The largest absolute Gasteiger partial charge is 0.397 e. The average molecular weight is 425 g/mol. The van der Waals surface area contributed by atoms with E-state index in [0.717, 1.165) is 38.3 Å². The Balaban J connectivity index is 0.00000280. The molecular weight excluding hydrogens is 396 g/mol. The molecule has 8 heteroatoms. The van der Waals surface area contributed by atoms with Gasteiger partial charge in [-0.25, -0.2) is 8.42 Å². The van der Waals surface area contributed by atoms with Crippen LogP contribution in [0.5, 0.6) is 0 Å². The summed E-state index contributed by atoms with van der Waals surface area (Å²) >= 11 is 0. The van der Waals surface area contributed by atoms with E-state index in [0.29, 0.717) is 17.3 Å². The molecule has 0 aliphatic carbocycles. The van der Waals surface area contributed by atoms with Crippen molar-refractivity contribution in [2.45, 2.75) is 31.1 Å². The molecule has 1 fully saturated rings. The van der Waals surface area contributed by atoms with E-state index in [1.165, 1.54) is 5.56 Å². The molecule has 154 valence electrons. The van der Waals surface area contributed by atoms with Crippen LogP contribution in [0.25, 0.3) is 0 Å². The van der Waals surface area contributed by atoms with E-state index >= 15 is 0 Å². The molecule has 2 aromatic carbocycles. The molecule has 0 bridgehead atoms. The first-order valence-corrected chi connectivity index (χ1v) is 10.8. The molecule has 28 heavy (non-hydrogen) atoms. The van der Waals surface area contributed by atoms with Crippen molar-refractivity contribution in [2.75, 3.05) is 41.5 Å². The number of nitrogens with one attached hydrogen (secondary N) is 2. The number of nitrogens with zero attached hydrogens (tertiary/aromatic N) is 1. The van der Waals surface area contributed by atoms with Crippen LogP contribution in [-0.4, -0.2) is 34.6 Å². The van der Waals surface area contributed by atoms with Gasteiger partial charge >= 0.3 is 0 Å². The Morgan fingerprint density at radius 1 is 1.07 bits per heavy atom. The molecule has 1 saturated heterocycles. The van der Waals surface area contributed by atoms with Crippen molar-refractivity contribution in [3.05, 3.63) is 48.0 Å². The Hall–Kier alpha value is -1.96. The maximum atomic E-state index is 12.7. The second kappa shape index (κ2) is 9.49. The van der Waals surface area contributed by atoms with Gasteiger partial charge in [-0.1, -0.05) is 26.0 Å². The fourth-order valence-corrected chi connectivity index (χ4v) is 4.32. The highest BCUT2D eigenvalue weighted by atomic mass is 35.5. The first-order valence-electron chi connectivity index (χ1n) is 9.35. The molecule has 1 aliphatic heterocycles. The molecule has 0 spiro atoms. The van der Waals surface area contributed by atoms with E-state index in [1.54, 1.807) is 30.3 Å². The number of benzene rings is 2. The molecule has 3 rings (SSSR count). The first-order chi connectivity index (χ1) is 12.9. The number of anilines is 3. The lowest BCUT2D eigenvalue weighted by Crippen LogP contribution is -2.28. The zero-order chi connectivity index (χ0) is 19.4. The van der Waals surface area contributed by atoms with Crippen molar-refractivity contribution in [1.82, 2.24) is 5.32 Å². The zero-order valence-electron chi connectivity index (χ0n) is 16.3. The van der Waals surface area contributed by atoms with Gasteiger partial charge in [0.2, 0.25) is 0 Å². The van der Waals surface area contributed by atoms with E-state index in [9.17, 15) is 8.42 Å². The molecule has 1 aliphatic rings. The highest BCUT2D eigenvalue weighted by Gasteiger charge is 2.18. The van der Waals surface area contributed by atoms with Gasteiger partial charge in [-0.3, -0.25) is 4.72 Å². The van der Waals surface area contributed by atoms with Crippen molar-refractivity contribution in [2.24, 2.45) is 0 Å². The third kappa shape index (κ3) is 5.31. The second-order valence-electron chi connectivity index (χ2n) is 7.19. The summed E-state index contributed by atoms with van der Waals surface area (Å²) in [6, 6.07) is 12.4. The van der Waals surface area contributed by atoms with Gasteiger partial charge in [0.25, 0.3) is 10.0 Å². The molecule has 4 N–H and O–H groups in total. The van der Waals surface area contributed by atoms with Crippen LogP contribution < -0.4 is 20.7 Å². The normalized spacial score (nSPS) is 15.0. The molecular formula is C20H29ClN4O2S. The van der Waals surface area contributed by atoms with Crippen LogP contribution in [0.15, 0.2) is 47.4 Å². The zero-order valence-corrected chi connectivity index (χ0v) is 17.9. The van der Waals surface area contributed by atoms with Gasteiger partial charge in [0, 0.05) is 25.3 Å². The number of halogens is 1. The fourth-order valence-electron chi connectivity index (χ4n) is 3.22. The number of sulfonamides is 1. The maximum absolute atomic E-state index is 12.7. The van der Waals surface area contributed by atoms with Gasteiger partial charge in [-0.15, -0.1) is 12.4 Å². The van der Waals surface area contributed by atoms with Crippen LogP contribution in [0.4, 0.5) is 17.1 Å². The lowest BCUT2D eigenvalue weighted by Gasteiger charge is -2.24. The second-order valence-corrected chi connectivity index (χ2v) is 8.88. The maximum Gasteiger partial charge on any atom is 0.261 e. The monoisotopic (exact) mass is 424 g/mol. The van der Waals surface area contributed by atoms with Crippen LogP contribution in [0.2, 0.25) is 0 Å². The Morgan fingerprint density at radius 3 is 2.43 bits per heavy atom. The van der Waals surface area contributed by atoms with Gasteiger partial charge in [0.1, 0.15) is 0 Å². The first kappa shape index (κ1) is 22.3. The third-order valence-corrected chi connectivity index (χ3v) is 6.20. The molecule has 2 aromatic rings. The van der Waals surface area contributed by atoms with Crippen molar-refractivity contribution < 1.29 is 8.42 Å². The number of nitrogen functional groups attached to an aromatic ring is 1. The molecule has 0 atom stereocenters. The topological polar surface area (TPSA) is 87.5 Å². The predicted octanol–water partition coefficient (Wildman–Crippen LogP) is 3.41. The van der Waals surface area contributed by atoms with E-state index in [2.05, 4.69) is 28.8 Å². The van der Waals surface area contributed by atoms with Crippen molar-refractivity contribution in [1.29, 1.82) is 0 Å². The van der Waals surface area contributed by atoms with Crippen LogP contribution >= 0.6 is 12.4 Å². The minimum atomic E-state index is -3.68. The van der Waals surface area contributed by atoms with Crippen molar-refractivity contribution in [3.63, 3.8) is 0 Å². The van der Waals surface area contributed by atoms with Crippen LogP contribution in [-0.2, 0) is 10.0 Å². The SMILES string of the molecule is CC(C)c1ccc(NS(=O)(=O)c2ccc(N3CCCNCC3)c(N)c2)cc1.Cl. The van der Waals surface area contributed by atoms with Crippen LogP contribution in [0.3, 0.4) is 0 Å². The van der Waals surface area contributed by atoms with Crippen LogP contribution in [0.1, 0.15) is 31.7 Å². The molecule has 0 radical (unpaired) electrons. The van der Waals surface area contributed by atoms with Gasteiger partial charge < -0.3 is 16.0 Å². The van der Waals surface area contributed by atoms with Gasteiger partial charge in [0.05, 0.1) is 16.3 Å². The van der Waals surface area contributed by atoms with E-state index in [-0.39, 0.29) is 17.3 Å². The Kier molecular flexibility index (Phi) is 7.57. The fraction of sp³-hybridized carbons (Fsp3) is 0.400. The summed E-state index contributed by atoms with van der Waals surface area (Å²) in [5.41, 5.74) is 9.27. The Labute approximate surface area is 174 Å². The number of nitrogens with two attached hydrogens (primary N) is 1. The average Bonchev–Trinajstić information content (AvgIpc) is 2.91. The molecule has 0 saturated carbocycles. The van der Waals surface area contributed by atoms with Crippen LogP contribution in [0, 0.1) is 0 Å². The van der Waals surface area contributed by atoms with Gasteiger partial charge in [-0.2, -0.15) is 0 Å². The number of hydrogen-bond donors (Lipinski definition) is 3. The third-order valence-electron chi connectivity index (χ3n) is 4.82.